The van der Waals surface area contributed by atoms with Gasteiger partial charge in [0.1, 0.15) is 0 Å². The molecule has 0 unspecified atom stereocenters. The third-order valence-electron chi connectivity index (χ3n) is 5.61. The minimum atomic E-state index is -0.846. The quantitative estimate of drug-likeness (QED) is 0.786. The molecule has 25 heavy (non-hydrogen) atoms. The molecule has 1 amide bonds. The number of carbonyl (C=O) groups is 2. The number of carboxylic acid groups (broad SMARTS) is 1. The summed E-state index contributed by atoms with van der Waals surface area (Å²) in [5, 5.41) is 13.3. The Morgan fingerprint density at radius 2 is 1.88 bits per heavy atom. The van der Waals surface area contributed by atoms with E-state index >= 15 is 0 Å². The molecule has 0 heterocycles. The largest absolute Gasteiger partial charge is 0.481 e. The molecule has 3 rings (SSSR count). The Hall–Kier alpha value is -1.81. The van der Waals surface area contributed by atoms with Gasteiger partial charge in [0.05, 0.1) is 11.8 Å². The van der Waals surface area contributed by atoms with E-state index in [1.165, 1.54) is 11.1 Å². The maximum atomic E-state index is 12.8. The number of rotatable bonds is 5. The standard InChI is InChI=1S/C20H24ClNO3/c1-11(2)16-14-6-7-15(16)18(20(24)25)17(14)19(23)22-9-8-12-4-3-5-13(21)10-12/h3-5,10,14-15,17-18H,6-9H2,1-2H3,(H,22,23)(H,24,25)/t14-,15-,17-,18+/m1/s1. The van der Waals surface area contributed by atoms with Crippen LogP contribution in [0.3, 0.4) is 0 Å². The smallest absolute Gasteiger partial charge is 0.307 e. The molecule has 0 aromatic heterocycles. The number of fused-ring (bicyclic) bond motifs is 2. The van der Waals surface area contributed by atoms with Crippen LogP contribution in [0.15, 0.2) is 35.4 Å². The number of allylic oxidation sites excluding steroid dienone is 2. The Kier molecular flexibility index (Phi) is 5.19. The van der Waals surface area contributed by atoms with Crippen molar-refractivity contribution in [2.45, 2.75) is 33.1 Å². The van der Waals surface area contributed by atoms with Crippen LogP contribution < -0.4 is 5.32 Å². The van der Waals surface area contributed by atoms with Crippen molar-refractivity contribution in [3.05, 3.63) is 46.0 Å². The Morgan fingerprint density at radius 3 is 2.48 bits per heavy atom. The molecule has 2 N–H and O–H groups in total. The summed E-state index contributed by atoms with van der Waals surface area (Å²) in [7, 11) is 0. The molecule has 2 aliphatic rings. The van der Waals surface area contributed by atoms with Gasteiger partial charge < -0.3 is 10.4 Å². The van der Waals surface area contributed by atoms with Gasteiger partial charge in [-0.2, -0.15) is 0 Å². The predicted octanol–water partition coefficient (Wildman–Crippen LogP) is 3.69. The van der Waals surface area contributed by atoms with Crippen molar-refractivity contribution in [2.24, 2.45) is 23.7 Å². The number of hydrogen-bond acceptors (Lipinski definition) is 2. The third-order valence-corrected chi connectivity index (χ3v) is 5.84. The lowest BCUT2D eigenvalue weighted by atomic mass is 9.78. The average Bonchev–Trinajstić information content (AvgIpc) is 3.10. The van der Waals surface area contributed by atoms with Gasteiger partial charge in [0.25, 0.3) is 0 Å². The third kappa shape index (κ3) is 3.45. The van der Waals surface area contributed by atoms with Crippen LogP contribution in [0.25, 0.3) is 0 Å². The van der Waals surface area contributed by atoms with Crippen LogP contribution in [0, 0.1) is 23.7 Å². The monoisotopic (exact) mass is 361 g/mol. The second-order valence-electron chi connectivity index (χ2n) is 7.31. The number of halogens is 1. The number of carbonyl (C=O) groups excluding carboxylic acids is 1. The van der Waals surface area contributed by atoms with Crippen molar-refractivity contribution in [3.8, 4) is 0 Å². The molecule has 2 aliphatic carbocycles. The number of aliphatic carboxylic acids is 1. The van der Waals surface area contributed by atoms with Gasteiger partial charge in [-0.1, -0.05) is 34.9 Å². The Bertz CT molecular complexity index is 723. The van der Waals surface area contributed by atoms with E-state index in [9.17, 15) is 14.7 Å². The topological polar surface area (TPSA) is 66.4 Å². The molecule has 1 aromatic rings. The molecule has 1 aromatic carbocycles. The van der Waals surface area contributed by atoms with E-state index in [0.29, 0.717) is 18.0 Å². The van der Waals surface area contributed by atoms with Crippen molar-refractivity contribution in [2.75, 3.05) is 6.54 Å². The number of hydrogen-bond donors (Lipinski definition) is 2. The molecule has 2 bridgehead atoms. The maximum absolute atomic E-state index is 12.8. The van der Waals surface area contributed by atoms with Gasteiger partial charge in [-0.25, -0.2) is 0 Å². The lowest BCUT2D eigenvalue weighted by Crippen LogP contribution is -2.41. The van der Waals surface area contributed by atoms with Gasteiger partial charge in [-0.05, 0) is 62.6 Å². The minimum absolute atomic E-state index is 0.0242. The highest BCUT2D eigenvalue weighted by Gasteiger charge is 2.57. The van der Waals surface area contributed by atoms with Gasteiger partial charge in [0.2, 0.25) is 5.91 Å². The second kappa shape index (κ2) is 7.20. The van der Waals surface area contributed by atoms with E-state index < -0.39 is 17.8 Å². The summed E-state index contributed by atoms with van der Waals surface area (Å²) in [4.78, 5) is 24.5. The summed E-state index contributed by atoms with van der Waals surface area (Å²) in [5.41, 5.74) is 3.44. The molecule has 0 radical (unpaired) electrons. The van der Waals surface area contributed by atoms with Crippen LogP contribution in [0.1, 0.15) is 32.3 Å². The molecule has 5 heteroatoms. The van der Waals surface area contributed by atoms with E-state index in [1.54, 1.807) is 0 Å². The molecule has 2 saturated carbocycles. The lowest BCUT2D eigenvalue weighted by Gasteiger charge is -2.26. The zero-order valence-electron chi connectivity index (χ0n) is 14.6. The summed E-state index contributed by atoms with van der Waals surface area (Å²) in [6.45, 7) is 4.54. The maximum Gasteiger partial charge on any atom is 0.307 e. The predicted molar refractivity (Wildman–Crippen MR) is 97.4 cm³/mol. The highest BCUT2D eigenvalue weighted by Crippen LogP contribution is 2.57. The zero-order valence-corrected chi connectivity index (χ0v) is 15.3. The van der Waals surface area contributed by atoms with E-state index in [0.717, 1.165) is 18.4 Å². The molecule has 0 spiro atoms. The van der Waals surface area contributed by atoms with Gasteiger partial charge >= 0.3 is 5.97 Å². The molecule has 4 atom stereocenters. The van der Waals surface area contributed by atoms with Crippen LogP contribution in [0.5, 0.6) is 0 Å². The summed E-state index contributed by atoms with van der Waals surface area (Å²) < 4.78 is 0. The van der Waals surface area contributed by atoms with Gasteiger partial charge in [0.15, 0.2) is 0 Å². The van der Waals surface area contributed by atoms with Gasteiger partial charge in [-0.3, -0.25) is 9.59 Å². The molecule has 0 aliphatic heterocycles. The number of nitrogens with one attached hydrogen (secondary N) is 1. The van der Waals surface area contributed by atoms with Crippen molar-refractivity contribution in [1.29, 1.82) is 0 Å². The van der Waals surface area contributed by atoms with Crippen molar-refractivity contribution in [1.82, 2.24) is 5.32 Å². The Balaban J connectivity index is 1.68. The first-order chi connectivity index (χ1) is 11.9. The summed E-state index contributed by atoms with van der Waals surface area (Å²) in [6, 6.07) is 7.55. The first-order valence-electron chi connectivity index (χ1n) is 8.82. The normalized spacial score (nSPS) is 27.4. The number of amides is 1. The van der Waals surface area contributed by atoms with E-state index in [4.69, 9.17) is 11.6 Å². The van der Waals surface area contributed by atoms with Crippen LogP contribution in [-0.2, 0) is 16.0 Å². The molecular formula is C20H24ClNO3. The molecule has 0 saturated heterocycles. The second-order valence-corrected chi connectivity index (χ2v) is 7.74. The summed E-state index contributed by atoms with van der Waals surface area (Å²) in [6.07, 6.45) is 2.48. The Labute approximate surface area is 153 Å². The fourth-order valence-electron chi connectivity index (χ4n) is 4.75. The number of carboxylic acids is 1. The van der Waals surface area contributed by atoms with Crippen LogP contribution in [0.4, 0.5) is 0 Å². The minimum Gasteiger partial charge on any atom is -0.481 e. The first kappa shape index (κ1) is 18.0. The van der Waals surface area contributed by atoms with Crippen molar-refractivity contribution < 1.29 is 14.7 Å². The van der Waals surface area contributed by atoms with Crippen LogP contribution in [0.2, 0.25) is 5.02 Å². The average molecular weight is 362 g/mol. The highest BCUT2D eigenvalue weighted by atomic mass is 35.5. The molecule has 4 nitrogen and oxygen atoms in total. The number of benzene rings is 1. The van der Waals surface area contributed by atoms with E-state index in [-0.39, 0.29) is 17.7 Å². The fourth-order valence-corrected chi connectivity index (χ4v) is 4.96. The van der Waals surface area contributed by atoms with Crippen molar-refractivity contribution >= 4 is 23.5 Å². The first-order valence-corrected chi connectivity index (χ1v) is 9.20. The van der Waals surface area contributed by atoms with E-state index in [1.807, 2.05) is 38.1 Å². The molecule has 2 fully saturated rings. The molecule has 134 valence electrons. The van der Waals surface area contributed by atoms with E-state index in [2.05, 4.69) is 5.32 Å². The van der Waals surface area contributed by atoms with Crippen LogP contribution in [-0.4, -0.2) is 23.5 Å². The summed E-state index contributed by atoms with van der Waals surface area (Å²) >= 11 is 5.97. The lowest BCUT2D eigenvalue weighted by molar-refractivity contribution is -0.149. The van der Waals surface area contributed by atoms with Gasteiger partial charge in [-0.15, -0.1) is 0 Å². The summed E-state index contributed by atoms with van der Waals surface area (Å²) in [5.74, 6) is -1.89. The van der Waals surface area contributed by atoms with Gasteiger partial charge in [0, 0.05) is 11.6 Å². The van der Waals surface area contributed by atoms with Crippen molar-refractivity contribution in [3.63, 3.8) is 0 Å². The molecular weight excluding hydrogens is 338 g/mol. The SMILES string of the molecule is CC(C)=C1[C@H]2CC[C@H]1[C@@H](C(=O)NCCc1cccc(Cl)c1)[C@H]2C(=O)O. The zero-order chi connectivity index (χ0) is 18.1. The highest BCUT2D eigenvalue weighted by molar-refractivity contribution is 6.30. The Morgan fingerprint density at radius 1 is 1.20 bits per heavy atom. The fraction of sp³-hybridized carbons (Fsp3) is 0.500. The van der Waals surface area contributed by atoms with Crippen LogP contribution >= 0.6 is 11.6 Å².